The van der Waals surface area contributed by atoms with E-state index in [4.69, 9.17) is 11.6 Å². The molecule has 14 heavy (non-hydrogen) atoms. The molecule has 1 unspecified atom stereocenters. The maximum Gasteiger partial charge on any atom is 0.401 e. The zero-order valence-corrected chi connectivity index (χ0v) is 9.20. The Morgan fingerprint density at radius 1 is 1.50 bits per heavy atom. The van der Waals surface area contributed by atoms with Crippen LogP contribution in [0.1, 0.15) is 5.56 Å². The van der Waals surface area contributed by atoms with Gasteiger partial charge in [0.1, 0.15) is 4.83 Å². The molecule has 1 aromatic heterocycles. The first-order chi connectivity index (χ1) is 6.41. The van der Waals surface area contributed by atoms with E-state index in [9.17, 15) is 13.2 Å². The molecule has 0 saturated heterocycles. The van der Waals surface area contributed by atoms with Gasteiger partial charge in [-0.1, -0.05) is 27.5 Å². The van der Waals surface area contributed by atoms with Crippen LogP contribution in [0.5, 0.6) is 0 Å². The van der Waals surface area contributed by atoms with Crippen molar-refractivity contribution in [2.24, 2.45) is 0 Å². The van der Waals surface area contributed by atoms with Crippen molar-refractivity contribution >= 4 is 27.5 Å². The smallest absolute Gasteiger partial charge is 0.263 e. The van der Waals surface area contributed by atoms with Gasteiger partial charge in [0.05, 0.1) is 5.02 Å². The first-order valence-electron chi connectivity index (χ1n) is 3.70. The molecule has 0 spiro atoms. The Bertz CT molecular complexity index is 316. The van der Waals surface area contributed by atoms with Gasteiger partial charge in [-0.05, 0) is 18.1 Å². The van der Waals surface area contributed by atoms with Gasteiger partial charge in [0, 0.05) is 12.4 Å². The molecule has 1 nitrogen and oxygen atoms in total. The average Bonchev–Trinajstić information content (AvgIpc) is 2.07. The summed E-state index contributed by atoms with van der Waals surface area (Å²) in [4.78, 5) is 2.11. The Labute approximate surface area is 92.4 Å². The Balaban J connectivity index is 2.75. The van der Waals surface area contributed by atoms with Crippen LogP contribution in [0.3, 0.4) is 0 Å². The summed E-state index contributed by atoms with van der Waals surface area (Å²) in [6.45, 7) is 0. The summed E-state index contributed by atoms with van der Waals surface area (Å²) in [6, 6.07) is 1.47. The van der Waals surface area contributed by atoms with E-state index in [0.29, 0.717) is 5.56 Å². The van der Waals surface area contributed by atoms with Gasteiger partial charge in [-0.2, -0.15) is 13.2 Å². The van der Waals surface area contributed by atoms with Gasteiger partial charge in [0.2, 0.25) is 0 Å². The second-order valence-corrected chi connectivity index (χ2v) is 4.19. The van der Waals surface area contributed by atoms with E-state index < -0.39 is 11.0 Å². The van der Waals surface area contributed by atoms with Crippen molar-refractivity contribution in [1.82, 2.24) is 4.98 Å². The second kappa shape index (κ2) is 4.49. The molecule has 0 radical (unpaired) electrons. The van der Waals surface area contributed by atoms with Crippen LogP contribution >= 0.6 is 27.5 Å². The minimum Gasteiger partial charge on any atom is -0.263 e. The van der Waals surface area contributed by atoms with Crippen molar-refractivity contribution in [3.05, 3.63) is 29.0 Å². The number of alkyl halides is 4. The number of hydrogen-bond donors (Lipinski definition) is 0. The van der Waals surface area contributed by atoms with Gasteiger partial charge in [-0.15, -0.1) is 0 Å². The van der Waals surface area contributed by atoms with Crippen LogP contribution in [0, 0.1) is 0 Å². The Morgan fingerprint density at radius 3 is 2.64 bits per heavy atom. The molecule has 0 aliphatic heterocycles. The summed E-state index contributed by atoms with van der Waals surface area (Å²) in [5.74, 6) is 0. The predicted molar refractivity (Wildman–Crippen MR) is 51.7 cm³/mol. The lowest BCUT2D eigenvalue weighted by Gasteiger charge is -2.14. The molecule has 1 atom stereocenters. The minimum atomic E-state index is -4.26. The molecular formula is C8H6BrClF3N. The van der Waals surface area contributed by atoms with Crippen LogP contribution in [0.25, 0.3) is 0 Å². The molecular weight excluding hydrogens is 282 g/mol. The highest BCUT2D eigenvalue weighted by atomic mass is 79.9. The van der Waals surface area contributed by atoms with Crippen molar-refractivity contribution in [3.63, 3.8) is 0 Å². The van der Waals surface area contributed by atoms with Crippen LogP contribution < -0.4 is 0 Å². The van der Waals surface area contributed by atoms with Gasteiger partial charge in [-0.3, -0.25) is 4.98 Å². The number of pyridine rings is 1. The molecule has 0 aromatic carbocycles. The molecule has 0 N–H and O–H groups in total. The zero-order chi connectivity index (χ0) is 10.8. The minimum absolute atomic E-state index is 0.190. The molecule has 1 rings (SSSR count). The highest BCUT2D eigenvalue weighted by molar-refractivity contribution is 9.09. The first-order valence-corrected chi connectivity index (χ1v) is 5.00. The molecule has 78 valence electrons. The first kappa shape index (κ1) is 11.8. The summed E-state index contributed by atoms with van der Waals surface area (Å²) < 4.78 is 36.5. The second-order valence-electron chi connectivity index (χ2n) is 2.68. The fourth-order valence-electron chi connectivity index (χ4n) is 0.878. The van der Waals surface area contributed by atoms with Crippen molar-refractivity contribution in [1.29, 1.82) is 0 Å². The van der Waals surface area contributed by atoms with Crippen LogP contribution in [-0.4, -0.2) is 16.0 Å². The molecule has 0 aliphatic carbocycles. The van der Waals surface area contributed by atoms with E-state index in [-0.39, 0.29) is 11.4 Å². The van der Waals surface area contributed by atoms with Gasteiger partial charge >= 0.3 is 6.18 Å². The number of nitrogens with zero attached hydrogens (tertiary/aromatic N) is 1. The van der Waals surface area contributed by atoms with Gasteiger partial charge in [0.15, 0.2) is 0 Å². The van der Waals surface area contributed by atoms with Crippen molar-refractivity contribution in [2.75, 3.05) is 0 Å². The maximum absolute atomic E-state index is 12.2. The highest BCUT2D eigenvalue weighted by Gasteiger charge is 2.37. The van der Waals surface area contributed by atoms with E-state index in [1.165, 1.54) is 18.5 Å². The van der Waals surface area contributed by atoms with E-state index in [1.807, 2.05) is 0 Å². The Hall–Kier alpha value is -0.290. The molecule has 0 saturated carbocycles. The molecule has 0 amide bonds. The topological polar surface area (TPSA) is 12.9 Å². The van der Waals surface area contributed by atoms with Crippen molar-refractivity contribution in [3.8, 4) is 0 Å². The molecule has 0 bridgehead atoms. The molecule has 1 aromatic rings. The normalized spacial score (nSPS) is 14.1. The number of rotatable bonds is 2. The van der Waals surface area contributed by atoms with Crippen molar-refractivity contribution < 1.29 is 13.2 Å². The van der Waals surface area contributed by atoms with Crippen LogP contribution in [0.4, 0.5) is 13.2 Å². The molecule has 0 aliphatic rings. The lowest BCUT2D eigenvalue weighted by Crippen LogP contribution is -2.25. The van der Waals surface area contributed by atoms with Gasteiger partial charge in [-0.25, -0.2) is 0 Å². The summed E-state index contributed by atoms with van der Waals surface area (Å²) in [6.07, 6.45) is -1.71. The highest BCUT2D eigenvalue weighted by Crippen LogP contribution is 2.30. The quantitative estimate of drug-likeness (QED) is 0.758. The zero-order valence-electron chi connectivity index (χ0n) is 6.85. The lowest BCUT2D eigenvalue weighted by molar-refractivity contribution is -0.126. The van der Waals surface area contributed by atoms with Crippen LogP contribution in [0.2, 0.25) is 5.02 Å². The summed E-state index contributed by atoms with van der Waals surface area (Å²) in [7, 11) is 0. The van der Waals surface area contributed by atoms with Gasteiger partial charge < -0.3 is 0 Å². The molecule has 6 heteroatoms. The van der Waals surface area contributed by atoms with E-state index in [2.05, 4.69) is 20.9 Å². The van der Waals surface area contributed by atoms with Crippen LogP contribution in [0.15, 0.2) is 18.5 Å². The van der Waals surface area contributed by atoms with E-state index in [1.54, 1.807) is 0 Å². The fraction of sp³-hybridized carbons (Fsp3) is 0.375. The van der Waals surface area contributed by atoms with E-state index >= 15 is 0 Å². The summed E-state index contributed by atoms with van der Waals surface area (Å²) in [5.41, 5.74) is 0.431. The van der Waals surface area contributed by atoms with Gasteiger partial charge in [0.25, 0.3) is 0 Å². The maximum atomic E-state index is 12.2. The molecule has 0 fully saturated rings. The van der Waals surface area contributed by atoms with E-state index in [0.717, 1.165) is 0 Å². The third-order valence-corrected chi connectivity index (χ3v) is 2.79. The summed E-state index contributed by atoms with van der Waals surface area (Å²) >= 11 is 8.23. The number of hydrogen-bond acceptors (Lipinski definition) is 1. The standard InChI is InChI=1S/C8H6BrClF3N/c9-7(8(11,12)13)3-5-1-2-14-4-6(5)10/h1-2,4,7H,3H2. The van der Waals surface area contributed by atoms with Crippen LogP contribution in [-0.2, 0) is 6.42 Å². The largest absolute Gasteiger partial charge is 0.401 e. The fourth-order valence-corrected chi connectivity index (χ4v) is 1.42. The lowest BCUT2D eigenvalue weighted by atomic mass is 10.1. The molecule has 1 heterocycles. The Morgan fingerprint density at radius 2 is 2.14 bits per heavy atom. The summed E-state index contributed by atoms with van der Waals surface area (Å²) in [5, 5.41) is 0.251. The van der Waals surface area contributed by atoms with Crippen molar-refractivity contribution in [2.45, 2.75) is 17.4 Å². The third-order valence-electron chi connectivity index (χ3n) is 1.61. The third kappa shape index (κ3) is 3.13. The number of aromatic nitrogens is 1. The SMILES string of the molecule is FC(F)(F)C(Br)Cc1ccncc1Cl. The predicted octanol–water partition coefficient (Wildman–Crippen LogP) is 3.60. The average molecular weight is 288 g/mol. The monoisotopic (exact) mass is 287 g/mol. The number of halogens is 5. The Kier molecular flexibility index (Phi) is 3.78.